The zero-order valence-electron chi connectivity index (χ0n) is 20.1. The molecular formula is C27H25ClN4O4S. The molecule has 190 valence electrons. The van der Waals surface area contributed by atoms with Gasteiger partial charge in [-0.1, -0.05) is 41.9 Å². The van der Waals surface area contributed by atoms with Crippen LogP contribution in [0.15, 0.2) is 72.8 Å². The minimum atomic E-state index is -0.501. The average Bonchev–Trinajstić information content (AvgIpc) is 2.93. The molecule has 1 heterocycles. The van der Waals surface area contributed by atoms with Gasteiger partial charge in [-0.15, -0.1) is 0 Å². The minimum absolute atomic E-state index is 0.0110. The number of esters is 1. The molecule has 1 fully saturated rings. The van der Waals surface area contributed by atoms with Gasteiger partial charge in [-0.2, -0.15) is 0 Å². The molecule has 3 aromatic rings. The SMILES string of the molecule is COC(=O)c1ccc(N2CCN(C(=O)c3ccccc3)CC2)c(NC(=S)NC(=O)c2ccccc2Cl)c1. The van der Waals surface area contributed by atoms with Gasteiger partial charge in [-0.05, 0) is 54.7 Å². The summed E-state index contributed by atoms with van der Waals surface area (Å²) in [5.74, 6) is -0.969. The predicted molar refractivity (Wildman–Crippen MR) is 147 cm³/mol. The van der Waals surface area contributed by atoms with Gasteiger partial charge in [-0.25, -0.2) is 4.79 Å². The first-order valence-corrected chi connectivity index (χ1v) is 12.3. The lowest BCUT2D eigenvalue weighted by Crippen LogP contribution is -2.49. The molecule has 0 bridgehead atoms. The van der Waals surface area contributed by atoms with Crippen LogP contribution in [0.3, 0.4) is 0 Å². The van der Waals surface area contributed by atoms with Gasteiger partial charge < -0.3 is 19.9 Å². The van der Waals surface area contributed by atoms with Crippen LogP contribution in [0.1, 0.15) is 31.1 Å². The molecule has 37 heavy (non-hydrogen) atoms. The Morgan fingerprint density at radius 2 is 1.57 bits per heavy atom. The number of piperazine rings is 1. The second-order valence-corrected chi connectivity index (χ2v) is 9.07. The van der Waals surface area contributed by atoms with Crippen LogP contribution in [-0.2, 0) is 4.74 Å². The summed E-state index contributed by atoms with van der Waals surface area (Å²) in [6, 6.07) is 20.9. The fourth-order valence-electron chi connectivity index (χ4n) is 4.04. The van der Waals surface area contributed by atoms with E-state index in [0.717, 1.165) is 5.69 Å². The molecule has 0 atom stereocenters. The summed E-state index contributed by atoms with van der Waals surface area (Å²) in [6.07, 6.45) is 0. The molecule has 0 unspecified atom stereocenters. The number of carbonyl (C=O) groups excluding carboxylic acids is 3. The predicted octanol–water partition coefficient (Wildman–Crippen LogP) is 4.22. The highest BCUT2D eigenvalue weighted by atomic mass is 35.5. The van der Waals surface area contributed by atoms with Gasteiger partial charge in [0.2, 0.25) is 0 Å². The molecule has 1 aliphatic rings. The van der Waals surface area contributed by atoms with Gasteiger partial charge >= 0.3 is 5.97 Å². The fraction of sp³-hybridized carbons (Fsp3) is 0.185. The highest BCUT2D eigenvalue weighted by Gasteiger charge is 2.24. The topological polar surface area (TPSA) is 91.0 Å². The van der Waals surface area contributed by atoms with E-state index < -0.39 is 11.9 Å². The molecule has 0 radical (unpaired) electrons. The monoisotopic (exact) mass is 536 g/mol. The third-order valence-electron chi connectivity index (χ3n) is 5.94. The van der Waals surface area contributed by atoms with Crippen LogP contribution in [-0.4, -0.2) is 61.1 Å². The summed E-state index contributed by atoms with van der Waals surface area (Å²) in [4.78, 5) is 41.6. The molecule has 1 aliphatic heterocycles. The van der Waals surface area contributed by atoms with E-state index >= 15 is 0 Å². The van der Waals surface area contributed by atoms with E-state index in [0.29, 0.717) is 48.0 Å². The van der Waals surface area contributed by atoms with Crippen LogP contribution in [0.25, 0.3) is 0 Å². The quantitative estimate of drug-likeness (QED) is 0.373. The number of nitrogens with one attached hydrogen (secondary N) is 2. The Morgan fingerprint density at radius 1 is 0.892 bits per heavy atom. The molecule has 1 saturated heterocycles. The van der Waals surface area contributed by atoms with E-state index in [4.69, 9.17) is 28.6 Å². The van der Waals surface area contributed by atoms with Crippen molar-refractivity contribution in [2.45, 2.75) is 0 Å². The Bertz CT molecular complexity index is 1330. The highest BCUT2D eigenvalue weighted by molar-refractivity contribution is 7.80. The maximum atomic E-state index is 12.8. The number of benzene rings is 3. The largest absolute Gasteiger partial charge is 0.465 e. The summed E-state index contributed by atoms with van der Waals surface area (Å²) in [6.45, 7) is 2.20. The number of methoxy groups -OCH3 is 1. The molecule has 0 saturated carbocycles. The number of ether oxygens (including phenoxy) is 1. The van der Waals surface area contributed by atoms with E-state index in [1.807, 2.05) is 23.1 Å². The van der Waals surface area contributed by atoms with Gasteiger partial charge in [0.25, 0.3) is 11.8 Å². The number of halogens is 1. The van der Waals surface area contributed by atoms with Crippen molar-refractivity contribution in [1.29, 1.82) is 0 Å². The number of anilines is 2. The van der Waals surface area contributed by atoms with Crippen molar-refractivity contribution in [2.75, 3.05) is 43.5 Å². The molecule has 2 N–H and O–H groups in total. The van der Waals surface area contributed by atoms with Crippen LogP contribution >= 0.6 is 23.8 Å². The Morgan fingerprint density at radius 3 is 2.24 bits per heavy atom. The lowest BCUT2D eigenvalue weighted by molar-refractivity contribution is 0.0600. The van der Waals surface area contributed by atoms with Crippen molar-refractivity contribution in [3.8, 4) is 0 Å². The summed E-state index contributed by atoms with van der Waals surface area (Å²) in [5.41, 5.74) is 2.56. The van der Waals surface area contributed by atoms with Crippen molar-refractivity contribution in [3.05, 3.63) is 94.5 Å². The second-order valence-electron chi connectivity index (χ2n) is 8.26. The van der Waals surface area contributed by atoms with Crippen LogP contribution in [0.5, 0.6) is 0 Å². The lowest BCUT2D eigenvalue weighted by atomic mass is 10.1. The van der Waals surface area contributed by atoms with E-state index in [-0.39, 0.29) is 16.6 Å². The number of hydrogen-bond donors (Lipinski definition) is 2. The molecule has 2 amide bonds. The van der Waals surface area contributed by atoms with Gasteiger partial charge in [0, 0.05) is 31.7 Å². The van der Waals surface area contributed by atoms with Crippen molar-refractivity contribution >= 4 is 58.1 Å². The number of nitrogens with zero attached hydrogens (tertiary/aromatic N) is 2. The number of carbonyl (C=O) groups is 3. The van der Waals surface area contributed by atoms with Crippen molar-refractivity contribution in [2.24, 2.45) is 0 Å². The Kier molecular flexibility index (Phi) is 8.37. The standard InChI is InChI=1S/C27H25ClN4O4S/c1-36-26(35)19-11-12-23(31-13-15-32(16-14-31)25(34)18-7-3-2-4-8-18)22(17-19)29-27(37)30-24(33)20-9-5-6-10-21(20)28/h2-12,17H,13-16H2,1H3,(H2,29,30,33,37). The number of rotatable bonds is 5. The Hall–Kier alpha value is -3.95. The minimum Gasteiger partial charge on any atom is -0.465 e. The van der Waals surface area contributed by atoms with Crippen LogP contribution < -0.4 is 15.5 Å². The van der Waals surface area contributed by atoms with Crippen LogP contribution in [0.2, 0.25) is 5.02 Å². The smallest absolute Gasteiger partial charge is 0.337 e. The summed E-state index contributed by atoms with van der Waals surface area (Å²) < 4.78 is 4.86. The first kappa shape index (κ1) is 26.1. The zero-order valence-corrected chi connectivity index (χ0v) is 21.6. The lowest BCUT2D eigenvalue weighted by Gasteiger charge is -2.37. The Labute approximate surface area is 225 Å². The second kappa shape index (κ2) is 11.9. The third kappa shape index (κ3) is 6.25. The van der Waals surface area contributed by atoms with Gasteiger partial charge in [0.05, 0.1) is 34.6 Å². The average molecular weight is 537 g/mol. The molecule has 10 heteroatoms. The Balaban J connectivity index is 1.50. The van der Waals surface area contributed by atoms with Crippen molar-refractivity contribution < 1.29 is 19.1 Å². The number of hydrogen-bond acceptors (Lipinski definition) is 6. The number of amides is 2. The highest BCUT2D eigenvalue weighted by Crippen LogP contribution is 2.29. The molecule has 0 aromatic heterocycles. The van der Waals surface area contributed by atoms with Crippen molar-refractivity contribution in [1.82, 2.24) is 10.2 Å². The van der Waals surface area contributed by atoms with Crippen LogP contribution in [0, 0.1) is 0 Å². The maximum absolute atomic E-state index is 12.8. The van der Waals surface area contributed by atoms with Gasteiger partial charge in [-0.3, -0.25) is 14.9 Å². The van der Waals surface area contributed by atoms with Crippen LogP contribution in [0.4, 0.5) is 11.4 Å². The first-order valence-electron chi connectivity index (χ1n) is 11.6. The first-order chi connectivity index (χ1) is 17.9. The summed E-state index contributed by atoms with van der Waals surface area (Å²) >= 11 is 11.5. The van der Waals surface area contributed by atoms with E-state index in [9.17, 15) is 14.4 Å². The van der Waals surface area contributed by atoms with E-state index in [1.165, 1.54) is 7.11 Å². The molecule has 0 aliphatic carbocycles. The van der Waals surface area contributed by atoms with Gasteiger partial charge in [0.1, 0.15) is 0 Å². The zero-order chi connectivity index (χ0) is 26.4. The molecular weight excluding hydrogens is 512 g/mol. The number of thiocarbonyl (C=S) groups is 1. The third-order valence-corrected chi connectivity index (χ3v) is 6.47. The van der Waals surface area contributed by atoms with Crippen molar-refractivity contribution in [3.63, 3.8) is 0 Å². The molecule has 4 rings (SSSR count). The molecule has 3 aromatic carbocycles. The fourth-order valence-corrected chi connectivity index (χ4v) is 4.46. The van der Waals surface area contributed by atoms with E-state index in [1.54, 1.807) is 54.6 Å². The maximum Gasteiger partial charge on any atom is 0.337 e. The normalized spacial score (nSPS) is 13.0. The molecule has 0 spiro atoms. The molecule has 8 nitrogen and oxygen atoms in total. The summed E-state index contributed by atoms with van der Waals surface area (Å²) in [7, 11) is 1.31. The van der Waals surface area contributed by atoms with Gasteiger partial charge in [0.15, 0.2) is 5.11 Å². The summed E-state index contributed by atoms with van der Waals surface area (Å²) in [5, 5.41) is 6.01. The van der Waals surface area contributed by atoms with E-state index in [2.05, 4.69) is 15.5 Å².